The van der Waals surface area contributed by atoms with Crippen LogP contribution >= 0.6 is 0 Å². The highest BCUT2D eigenvalue weighted by atomic mass is 19.1. The first kappa shape index (κ1) is 14.3. The third-order valence-corrected chi connectivity index (χ3v) is 4.50. The number of benzene rings is 1. The molecule has 1 fully saturated rings. The molecule has 2 nitrogen and oxygen atoms in total. The molecule has 1 aliphatic carbocycles. The molecule has 106 valence electrons. The molecule has 0 saturated heterocycles. The van der Waals surface area contributed by atoms with Crippen LogP contribution in [-0.2, 0) is 0 Å². The normalized spacial score (nSPS) is 31.2. The van der Waals surface area contributed by atoms with Crippen LogP contribution < -0.4 is 5.32 Å². The zero-order chi connectivity index (χ0) is 14.0. The Morgan fingerprint density at radius 1 is 1.37 bits per heavy atom. The molecular weight excluding hydrogens is 241 g/mol. The molecule has 2 rings (SSSR count). The molecule has 0 spiro atoms. The predicted octanol–water partition coefficient (Wildman–Crippen LogP) is 3.73. The Labute approximate surface area is 115 Å². The number of anilines is 1. The van der Waals surface area contributed by atoms with Crippen LogP contribution in [0.25, 0.3) is 0 Å². The van der Waals surface area contributed by atoms with E-state index < -0.39 is 0 Å². The summed E-state index contributed by atoms with van der Waals surface area (Å²) in [6, 6.07) is 4.96. The summed E-state index contributed by atoms with van der Waals surface area (Å²) in [6.45, 7) is 6.40. The van der Waals surface area contributed by atoms with Gasteiger partial charge in [-0.2, -0.15) is 0 Å². The highest BCUT2D eigenvalue weighted by molar-refractivity contribution is 5.48. The molecule has 0 amide bonds. The van der Waals surface area contributed by atoms with Crippen LogP contribution in [0.15, 0.2) is 18.2 Å². The fourth-order valence-corrected chi connectivity index (χ4v) is 3.25. The predicted molar refractivity (Wildman–Crippen MR) is 76.8 cm³/mol. The van der Waals surface area contributed by atoms with Crippen LogP contribution in [0.2, 0.25) is 0 Å². The van der Waals surface area contributed by atoms with E-state index in [9.17, 15) is 9.50 Å². The van der Waals surface area contributed by atoms with E-state index in [0.717, 1.165) is 30.5 Å². The first-order valence-corrected chi connectivity index (χ1v) is 7.11. The molecular formula is C16H24FNO. The summed E-state index contributed by atoms with van der Waals surface area (Å²) in [5.41, 5.74) is 1.35. The lowest BCUT2D eigenvalue weighted by Gasteiger charge is -2.45. The van der Waals surface area contributed by atoms with Crippen LogP contribution in [0.5, 0.6) is 0 Å². The lowest BCUT2D eigenvalue weighted by Crippen LogP contribution is -2.51. The Hall–Kier alpha value is -1.09. The Bertz CT molecular complexity index is 428. The van der Waals surface area contributed by atoms with Crippen molar-refractivity contribution < 1.29 is 9.50 Å². The molecule has 1 aromatic carbocycles. The molecule has 0 aliphatic heterocycles. The SMILES string of the molecule is Cc1cc(F)cc(NC2(CO)CCC(C)CC2C)c1. The van der Waals surface area contributed by atoms with Crippen molar-refractivity contribution in [1.82, 2.24) is 0 Å². The van der Waals surface area contributed by atoms with Crippen LogP contribution in [-0.4, -0.2) is 17.3 Å². The number of nitrogens with one attached hydrogen (secondary N) is 1. The summed E-state index contributed by atoms with van der Waals surface area (Å²) in [6.07, 6.45) is 3.13. The van der Waals surface area contributed by atoms with Crippen LogP contribution in [0.4, 0.5) is 10.1 Å². The summed E-state index contributed by atoms with van der Waals surface area (Å²) < 4.78 is 13.5. The van der Waals surface area contributed by atoms with Gasteiger partial charge < -0.3 is 10.4 Å². The van der Waals surface area contributed by atoms with Gasteiger partial charge in [-0.3, -0.25) is 0 Å². The van der Waals surface area contributed by atoms with Crippen molar-refractivity contribution >= 4 is 5.69 Å². The minimum absolute atomic E-state index is 0.0937. The van der Waals surface area contributed by atoms with E-state index in [1.165, 1.54) is 12.1 Å². The van der Waals surface area contributed by atoms with Crippen molar-refractivity contribution in [3.8, 4) is 0 Å². The molecule has 0 radical (unpaired) electrons. The van der Waals surface area contributed by atoms with Gasteiger partial charge in [-0.1, -0.05) is 13.8 Å². The van der Waals surface area contributed by atoms with Crippen LogP contribution in [0.3, 0.4) is 0 Å². The van der Waals surface area contributed by atoms with E-state index >= 15 is 0 Å². The fraction of sp³-hybridized carbons (Fsp3) is 0.625. The number of hydrogen-bond donors (Lipinski definition) is 2. The molecule has 0 bridgehead atoms. The molecule has 3 heteroatoms. The maximum Gasteiger partial charge on any atom is 0.125 e. The van der Waals surface area contributed by atoms with Gasteiger partial charge in [0.1, 0.15) is 5.82 Å². The minimum Gasteiger partial charge on any atom is -0.394 e. The smallest absolute Gasteiger partial charge is 0.125 e. The van der Waals surface area contributed by atoms with Gasteiger partial charge in [-0.05, 0) is 61.8 Å². The first-order valence-electron chi connectivity index (χ1n) is 7.11. The minimum atomic E-state index is -0.313. The molecule has 2 N–H and O–H groups in total. The standard InChI is InChI=1S/C16H24FNO/c1-11-4-5-16(10-19,13(3)6-11)18-15-8-12(2)7-14(17)9-15/h7-9,11,13,18-19H,4-6,10H2,1-3H3. The molecule has 0 heterocycles. The zero-order valence-corrected chi connectivity index (χ0v) is 12.0. The van der Waals surface area contributed by atoms with E-state index in [1.54, 1.807) is 0 Å². The lowest BCUT2D eigenvalue weighted by molar-refractivity contribution is 0.106. The monoisotopic (exact) mass is 265 g/mol. The van der Waals surface area contributed by atoms with Crippen molar-refractivity contribution in [3.63, 3.8) is 0 Å². The van der Waals surface area contributed by atoms with Crippen LogP contribution in [0, 0.1) is 24.6 Å². The number of aliphatic hydroxyl groups is 1. The number of rotatable bonds is 3. The van der Waals surface area contributed by atoms with Gasteiger partial charge in [0.15, 0.2) is 0 Å². The Morgan fingerprint density at radius 3 is 2.68 bits per heavy atom. The molecule has 1 aromatic rings. The largest absolute Gasteiger partial charge is 0.394 e. The molecule has 19 heavy (non-hydrogen) atoms. The summed E-state index contributed by atoms with van der Waals surface area (Å²) in [5, 5.41) is 13.2. The van der Waals surface area contributed by atoms with Gasteiger partial charge in [0.2, 0.25) is 0 Å². The van der Waals surface area contributed by atoms with Gasteiger partial charge in [-0.25, -0.2) is 4.39 Å². The van der Waals surface area contributed by atoms with Crippen molar-refractivity contribution in [2.24, 2.45) is 11.8 Å². The average Bonchev–Trinajstić information content (AvgIpc) is 2.32. The lowest BCUT2D eigenvalue weighted by atomic mass is 9.70. The van der Waals surface area contributed by atoms with Gasteiger partial charge in [-0.15, -0.1) is 0 Å². The Morgan fingerprint density at radius 2 is 2.11 bits per heavy atom. The van der Waals surface area contributed by atoms with E-state index in [4.69, 9.17) is 0 Å². The molecule has 1 saturated carbocycles. The third-order valence-electron chi connectivity index (χ3n) is 4.50. The van der Waals surface area contributed by atoms with E-state index in [0.29, 0.717) is 11.8 Å². The van der Waals surface area contributed by atoms with Crippen LogP contribution in [0.1, 0.15) is 38.7 Å². The van der Waals surface area contributed by atoms with Gasteiger partial charge in [0.25, 0.3) is 0 Å². The fourth-order valence-electron chi connectivity index (χ4n) is 3.25. The summed E-state index contributed by atoms with van der Waals surface area (Å²) in [5.74, 6) is 0.850. The van der Waals surface area contributed by atoms with Crippen molar-refractivity contribution in [2.45, 2.75) is 45.6 Å². The van der Waals surface area contributed by atoms with E-state index in [2.05, 4.69) is 19.2 Å². The molecule has 3 unspecified atom stereocenters. The second-order valence-corrected chi connectivity index (χ2v) is 6.24. The topological polar surface area (TPSA) is 32.3 Å². The molecule has 1 aliphatic rings. The zero-order valence-electron chi connectivity index (χ0n) is 12.0. The van der Waals surface area contributed by atoms with E-state index in [-0.39, 0.29) is 18.0 Å². The van der Waals surface area contributed by atoms with Gasteiger partial charge >= 0.3 is 0 Å². The number of halogens is 1. The van der Waals surface area contributed by atoms with Crippen molar-refractivity contribution in [3.05, 3.63) is 29.6 Å². The Balaban J connectivity index is 2.22. The second kappa shape index (κ2) is 5.49. The number of aryl methyl sites for hydroxylation is 1. The maximum absolute atomic E-state index is 13.5. The summed E-state index contributed by atoms with van der Waals surface area (Å²) in [7, 11) is 0. The summed E-state index contributed by atoms with van der Waals surface area (Å²) in [4.78, 5) is 0. The number of hydrogen-bond acceptors (Lipinski definition) is 2. The quantitative estimate of drug-likeness (QED) is 0.872. The van der Waals surface area contributed by atoms with Crippen molar-refractivity contribution in [1.29, 1.82) is 0 Å². The van der Waals surface area contributed by atoms with Gasteiger partial charge in [0.05, 0.1) is 12.1 Å². The average molecular weight is 265 g/mol. The highest BCUT2D eigenvalue weighted by Gasteiger charge is 2.39. The number of aliphatic hydroxyl groups excluding tert-OH is 1. The highest BCUT2D eigenvalue weighted by Crippen LogP contribution is 2.39. The Kier molecular flexibility index (Phi) is 4.14. The maximum atomic E-state index is 13.5. The third kappa shape index (κ3) is 3.08. The van der Waals surface area contributed by atoms with Gasteiger partial charge in [0, 0.05) is 5.69 Å². The molecule has 0 aromatic heterocycles. The second-order valence-electron chi connectivity index (χ2n) is 6.24. The van der Waals surface area contributed by atoms with Crippen molar-refractivity contribution in [2.75, 3.05) is 11.9 Å². The van der Waals surface area contributed by atoms with E-state index in [1.807, 2.05) is 13.0 Å². The molecule has 3 atom stereocenters. The summed E-state index contributed by atoms with van der Waals surface area (Å²) >= 11 is 0. The first-order chi connectivity index (χ1) is 8.95.